The molecule has 0 aromatic heterocycles. The average Bonchev–Trinajstić information content (AvgIpc) is 2.84. The van der Waals surface area contributed by atoms with E-state index in [1.807, 2.05) is 6.07 Å². The molecule has 1 saturated heterocycles. The first-order valence-electron chi connectivity index (χ1n) is 8.16. The Morgan fingerprint density at radius 3 is 2.50 bits per heavy atom. The third kappa shape index (κ3) is 3.16. The van der Waals surface area contributed by atoms with Crippen LogP contribution in [0.5, 0.6) is 5.75 Å². The molecule has 1 aromatic rings. The van der Waals surface area contributed by atoms with Crippen LogP contribution < -0.4 is 4.74 Å². The van der Waals surface area contributed by atoms with Crippen molar-refractivity contribution in [2.24, 2.45) is 11.8 Å². The van der Waals surface area contributed by atoms with Crippen molar-refractivity contribution in [1.29, 1.82) is 5.26 Å². The molecule has 1 saturated carbocycles. The van der Waals surface area contributed by atoms with Crippen LogP contribution in [0.15, 0.2) is 24.3 Å². The van der Waals surface area contributed by atoms with Gasteiger partial charge in [-0.2, -0.15) is 5.26 Å². The fraction of sp³-hybridized carbons (Fsp3) is 0.444. The van der Waals surface area contributed by atoms with Crippen LogP contribution in [0.4, 0.5) is 0 Å². The number of imide groups is 1. The van der Waals surface area contributed by atoms with E-state index in [0.29, 0.717) is 5.56 Å². The van der Waals surface area contributed by atoms with Gasteiger partial charge in [-0.25, -0.2) is 0 Å². The molecule has 6 heteroatoms. The quantitative estimate of drug-likeness (QED) is 0.480. The van der Waals surface area contributed by atoms with E-state index >= 15 is 0 Å². The average molecular weight is 326 g/mol. The van der Waals surface area contributed by atoms with Gasteiger partial charge in [0.05, 0.1) is 29.9 Å². The number of carbonyl (C=O) groups excluding carboxylic acids is 3. The third-order valence-electron chi connectivity index (χ3n) is 4.67. The van der Waals surface area contributed by atoms with Crippen LogP contribution in [0.2, 0.25) is 0 Å². The first-order chi connectivity index (χ1) is 11.6. The van der Waals surface area contributed by atoms with Crippen LogP contribution in [-0.2, 0) is 14.4 Å². The normalized spacial score (nSPS) is 22.9. The summed E-state index contributed by atoms with van der Waals surface area (Å²) in [6.45, 7) is 0.0570. The first kappa shape index (κ1) is 16.2. The number of benzene rings is 1. The zero-order chi connectivity index (χ0) is 17.1. The Balaban J connectivity index is 1.57. The summed E-state index contributed by atoms with van der Waals surface area (Å²) in [5.74, 6) is -0.940. The van der Waals surface area contributed by atoms with E-state index in [1.165, 1.54) is 11.0 Å². The molecule has 3 rings (SSSR count). The van der Waals surface area contributed by atoms with Crippen molar-refractivity contribution in [3.63, 3.8) is 0 Å². The van der Waals surface area contributed by atoms with Gasteiger partial charge in [0, 0.05) is 6.54 Å². The van der Waals surface area contributed by atoms with Crippen LogP contribution in [0.25, 0.3) is 0 Å². The minimum absolute atomic E-state index is 0.0479. The number of rotatable bonds is 4. The molecule has 0 bridgehead atoms. The highest BCUT2D eigenvalue weighted by Crippen LogP contribution is 2.37. The Morgan fingerprint density at radius 2 is 1.88 bits per heavy atom. The van der Waals surface area contributed by atoms with Crippen LogP contribution >= 0.6 is 0 Å². The van der Waals surface area contributed by atoms with Crippen molar-refractivity contribution in [3.05, 3.63) is 29.8 Å². The Bertz CT molecular complexity index is 698. The van der Waals surface area contributed by atoms with Gasteiger partial charge in [-0.1, -0.05) is 18.9 Å². The van der Waals surface area contributed by atoms with Gasteiger partial charge >= 0.3 is 5.97 Å². The standard InChI is InChI=1S/C18H18N2O4/c19-11-12-4-3-5-13(10-12)24-16(21)8-9-20-17(22)14-6-1-2-7-15(14)18(20)23/h3-5,10,14-15H,1-2,6-9H2/t14-,15-/m0/s1. The Morgan fingerprint density at radius 1 is 1.21 bits per heavy atom. The number of nitriles is 1. The molecule has 0 N–H and O–H groups in total. The number of hydrogen-bond donors (Lipinski definition) is 0. The van der Waals surface area contributed by atoms with Crippen molar-refractivity contribution >= 4 is 17.8 Å². The molecule has 1 heterocycles. The summed E-state index contributed by atoms with van der Waals surface area (Å²) >= 11 is 0. The monoisotopic (exact) mass is 326 g/mol. The molecule has 0 radical (unpaired) electrons. The molecule has 1 aromatic carbocycles. The number of likely N-dealkylation sites (tertiary alicyclic amines) is 1. The van der Waals surface area contributed by atoms with E-state index in [0.717, 1.165) is 25.7 Å². The zero-order valence-corrected chi connectivity index (χ0v) is 13.2. The van der Waals surface area contributed by atoms with Crippen LogP contribution in [0, 0.1) is 23.2 Å². The van der Waals surface area contributed by atoms with Gasteiger partial charge in [0.2, 0.25) is 11.8 Å². The number of fused-ring (bicyclic) bond motifs is 1. The summed E-state index contributed by atoms with van der Waals surface area (Å²) in [6.07, 6.45) is 3.43. The fourth-order valence-corrected chi connectivity index (χ4v) is 3.47. The number of carbonyl (C=O) groups is 3. The van der Waals surface area contributed by atoms with Gasteiger partial charge in [-0.15, -0.1) is 0 Å². The molecule has 0 spiro atoms. The van der Waals surface area contributed by atoms with Crippen molar-refractivity contribution in [1.82, 2.24) is 4.90 Å². The van der Waals surface area contributed by atoms with Gasteiger partial charge in [0.15, 0.2) is 0 Å². The topological polar surface area (TPSA) is 87.5 Å². The van der Waals surface area contributed by atoms with Gasteiger partial charge in [-0.05, 0) is 31.0 Å². The maximum atomic E-state index is 12.3. The van der Waals surface area contributed by atoms with E-state index < -0.39 is 5.97 Å². The van der Waals surface area contributed by atoms with Crippen molar-refractivity contribution in [2.45, 2.75) is 32.1 Å². The second-order valence-corrected chi connectivity index (χ2v) is 6.19. The molecule has 1 aliphatic carbocycles. The smallest absolute Gasteiger partial charge is 0.312 e. The molecule has 2 atom stereocenters. The highest BCUT2D eigenvalue weighted by molar-refractivity contribution is 6.05. The molecule has 0 unspecified atom stereocenters. The van der Waals surface area contributed by atoms with Gasteiger partial charge in [0.25, 0.3) is 0 Å². The number of ether oxygens (including phenoxy) is 1. The van der Waals surface area contributed by atoms with Gasteiger partial charge in [-0.3, -0.25) is 19.3 Å². The lowest BCUT2D eigenvalue weighted by molar-refractivity contribution is -0.141. The lowest BCUT2D eigenvalue weighted by atomic mass is 9.81. The van der Waals surface area contributed by atoms with E-state index in [2.05, 4.69) is 0 Å². The molecule has 124 valence electrons. The second kappa shape index (κ2) is 6.83. The second-order valence-electron chi connectivity index (χ2n) is 6.19. The fourth-order valence-electron chi connectivity index (χ4n) is 3.47. The lowest BCUT2D eigenvalue weighted by Gasteiger charge is -2.19. The summed E-state index contributed by atoms with van der Waals surface area (Å²) < 4.78 is 5.17. The van der Waals surface area contributed by atoms with Crippen molar-refractivity contribution < 1.29 is 19.1 Å². The minimum atomic E-state index is -0.527. The molecule has 6 nitrogen and oxygen atoms in total. The molecule has 2 fully saturated rings. The molecule has 24 heavy (non-hydrogen) atoms. The molecular weight excluding hydrogens is 308 g/mol. The largest absolute Gasteiger partial charge is 0.426 e. The Labute approximate surface area is 140 Å². The molecule has 1 aliphatic heterocycles. The predicted molar refractivity (Wildman–Crippen MR) is 83.6 cm³/mol. The summed E-state index contributed by atoms with van der Waals surface area (Å²) in [4.78, 5) is 37.8. The Hall–Kier alpha value is -2.68. The zero-order valence-electron chi connectivity index (χ0n) is 13.2. The van der Waals surface area contributed by atoms with Gasteiger partial charge in [0.1, 0.15) is 5.75 Å². The van der Waals surface area contributed by atoms with Crippen molar-refractivity contribution in [3.8, 4) is 11.8 Å². The highest BCUT2D eigenvalue weighted by atomic mass is 16.5. The summed E-state index contributed by atoms with van der Waals surface area (Å²) in [5, 5.41) is 8.83. The Kier molecular flexibility index (Phi) is 4.61. The maximum absolute atomic E-state index is 12.3. The molecule has 2 amide bonds. The van der Waals surface area contributed by atoms with E-state index in [1.54, 1.807) is 18.2 Å². The van der Waals surface area contributed by atoms with E-state index in [4.69, 9.17) is 10.00 Å². The van der Waals surface area contributed by atoms with Gasteiger partial charge < -0.3 is 4.74 Å². The lowest BCUT2D eigenvalue weighted by Crippen LogP contribution is -2.33. The van der Waals surface area contributed by atoms with Crippen LogP contribution in [-0.4, -0.2) is 29.2 Å². The number of amides is 2. The molecular formula is C18H18N2O4. The van der Waals surface area contributed by atoms with E-state index in [9.17, 15) is 14.4 Å². The number of nitrogens with zero attached hydrogens (tertiary/aromatic N) is 2. The van der Waals surface area contributed by atoms with Crippen molar-refractivity contribution in [2.75, 3.05) is 6.54 Å². The number of hydrogen-bond acceptors (Lipinski definition) is 5. The first-order valence-corrected chi connectivity index (χ1v) is 8.16. The highest BCUT2D eigenvalue weighted by Gasteiger charge is 2.47. The third-order valence-corrected chi connectivity index (χ3v) is 4.67. The van der Waals surface area contributed by atoms with Crippen LogP contribution in [0.3, 0.4) is 0 Å². The van der Waals surface area contributed by atoms with E-state index in [-0.39, 0.29) is 42.4 Å². The SMILES string of the molecule is N#Cc1cccc(OC(=O)CCN2C(=O)[C@H]3CCCC[C@@H]3C2=O)c1. The van der Waals surface area contributed by atoms with Crippen LogP contribution in [0.1, 0.15) is 37.7 Å². The summed E-state index contributed by atoms with van der Waals surface area (Å²) in [7, 11) is 0. The number of esters is 1. The summed E-state index contributed by atoms with van der Waals surface area (Å²) in [6, 6.07) is 8.26. The maximum Gasteiger partial charge on any atom is 0.312 e. The molecule has 2 aliphatic rings. The predicted octanol–water partition coefficient (Wildman–Crippen LogP) is 2.03. The minimum Gasteiger partial charge on any atom is -0.426 e. The summed E-state index contributed by atoms with van der Waals surface area (Å²) in [5.41, 5.74) is 0.397.